The summed E-state index contributed by atoms with van der Waals surface area (Å²) in [5.74, 6) is 0.690. The van der Waals surface area contributed by atoms with Crippen molar-refractivity contribution in [3.05, 3.63) is 23.9 Å². The zero-order valence-corrected chi connectivity index (χ0v) is 11.1. The molecule has 1 heterocycles. The van der Waals surface area contributed by atoms with Gasteiger partial charge in [-0.05, 0) is 18.6 Å². The first-order chi connectivity index (χ1) is 7.90. The van der Waals surface area contributed by atoms with Gasteiger partial charge in [-0.3, -0.25) is 0 Å². The summed E-state index contributed by atoms with van der Waals surface area (Å²) in [5.41, 5.74) is 1.01. The van der Waals surface area contributed by atoms with Crippen LogP contribution in [0.15, 0.2) is 18.3 Å². The highest BCUT2D eigenvalue weighted by Gasteiger charge is 2.09. The molecule has 0 saturated carbocycles. The van der Waals surface area contributed by atoms with Crippen molar-refractivity contribution in [3.63, 3.8) is 0 Å². The molecule has 0 aromatic carbocycles. The van der Waals surface area contributed by atoms with E-state index in [4.69, 9.17) is 4.74 Å². The maximum atomic E-state index is 11.1. The van der Waals surface area contributed by atoms with Crippen LogP contribution < -0.4 is 10.1 Å². The molecule has 0 fully saturated rings. The molecule has 5 nitrogen and oxygen atoms in total. The summed E-state index contributed by atoms with van der Waals surface area (Å²) in [6.45, 7) is 2.44. The van der Waals surface area contributed by atoms with Crippen molar-refractivity contribution in [2.45, 2.75) is 19.5 Å². The van der Waals surface area contributed by atoms with Crippen LogP contribution in [0.25, 0.3) is 0 Å². The number of aromatic nitrogens is 1. The van der Waals surface area contributed by atoms with E-state index in [1.165, 1.54) is 6.26 Å². The molecular formula is C11H18N2O3S. The molecule has 0 saturated heterocycles. The van der Waals surface area contributed by atoms with Crippen molar-refractivity contribution in [2.75, 3.05) is 19.1 Å². The number of nitrogens with one attached hydrogen (secondary N) is 1. The minimum Gasteiger partial charge on any atom is -0.481 e. The summed E-state index contributed by atoms with van der Waals surface area (Å²) in [6, 6.07) is 3.60. The largest absolute Gasteiger partial charge is 0.481 e. The van der Waals surface area contributed by atoms with E-state index in [2.05, 4.69) is 10.3 Å². The van der Waals surface area contributed by atoms with E-state index in [9.17, 15) is 8.42 Å². The van der Waals surface area contributed by atoms with Gasteiger partial charge in [0.25, 0.3) is 0 Å². The lowest BCUT2D eigenvalue weighted by atomic mass is 10.2. The molecule has 1 aromatic heterocycles. The average molecular weight is 258 g/mol. The molecule has 1 aromatic rings. The normalized spacial score (nSPS) is 13.4. The Morgan fingerprint density at radius 1 is 1.53 bits per heavy atom. The second-order valence-electron chi connectivity index (χ2n) is 4.08. The van der Waals surface area contributed by atoms with Crippen LogP contribution in [0.2, 0.25) is 0 Å². The molecular weight excluding hydrogens is 240 g/mol. The SMILES string of the molecule is COc1cc(CNC(C)CS(C)(=O)=O)ccn1. The molecule has 0 amide bonds. The molecule has 17 heavy (non-hydrogen) atoms. The predicted molar refractivity (Wildman–Crippen MR) is 66.8 cm³/mol. The van der Waals surface area contributed by atoms with Crippen LogP contribution in [0.1, 0.15) is 12.5 Å². The predicted octanol–water partition coefficient (Wildman–Crippen LogP) is 0.613. The molecule has 1 atom stereocenters. The lowest BCUT2D eigenvalue weighted by Gasteiger charge is -2.12. The Kier molecular flexibility index (Phi) is 4.89. The molecule has 0 aliphatic heterocycles. The van der Waals surface area contributed by atoms with E-state index in [0.717, 1.165) is 5.56 Å². The lowest BCUT2D eigenvalue weighted by molar-refractivity contribution is 0.397. The summed E-state index contributed by atoms with van der Waals surface area (Å²) in [4.78, 5) is 4.00. The highest BCUT2D eigenvalue weighted by atomic mass is 32.2. The van der Waals surface area contributed by atoms with Crippen LogP contribution in [0.5, 0.6) is 5.88 Å². The van der Waals surface area contributed by atoms with Crippen LogP contribution in [0, 0.1) is 0 Å². The average Bonchev–Trinajstić information content (AvgIpc) is 2.24. The number of nitrogens with zero attached hydrogens (tertiary/aromatic N) is 1. The second kappa shape index (κ2) is 5.97. The summed E-state index contributed by atoms with van der Waals surface area (Å²) in [7, 11) is -1.38. The Bertz CT molecular complexity index is 460. The van der Waals surface area contributed by atoms with Crippen LogP contribution in [0.4, 0.5) is 0 Å². The monoisotopic (exact) mass is 258 g/mol. The van der Waals surface area contributed by atoms with Gasteiger partial charge in [0.2, 0.25) is 5.88 Å². The van der Waals surface area contributed by atoms with Gasteiger partial charge in [-0.1, -0.05) is 0 Å². The molecule has 1 rings (SSSR count). The van der Waals surface area contributed by atoms with Crippen molar-refractivity contribution < 1.29 is 13.2 Å². The van der Waals surface area contributed by atoms with Crippen LogP contribution in [0.3, 0.4) is 0 Å². The number of hydrogen-bond donors (Lipinski definition) is 1. The first-order valence-electron chi connectivity index (χ1n) is 5.31. The van der Waals surface area contributed by atoms with E-state index in [1.807, 2.05) is 19.1 Å². The maximum Gasteiger partial charge on any atom is 0.213 e. The van der Waals surface area contributed by atoms with E-state index >= 15 is 0 Å². The number of pyridine rings is 1. The fourth-order valence-corrected chi connectivity index (χ4v) is 2.50. The Labute approximate surface area is 102 Å². The topological polar surface area (TPSA) is 68.3 Å². The van der Waals surface area contributed by atoms with Crippen molar-refractivity contribution in [1.82, 2.24) is 10.3 Å². The molecule has 1 N–H and O–H groups in total. The summed E-state index contributed by atoms with van der Waals surface area (Å²) < 4.78 is 27.2. The fourth-order valence-electron chi connectivity index (χ4n) is 1.48. The van der Waals surface area contributed by atoms with E-state index in [1.54, 1.807) is 13.3 Å². The molecule has 0 aliphatic rings. The van der Waals surface area contributed by atoms with Crippen molar-refractivity contribution in [3.8, 4) is 5.88 Å². The van der Waals surface area contributed by atoms with Gasteiger partial charge >= 0.3 is 0 Å². The van der Waals surface area contributed by atoms with Gasteiger partial charge < -0.3 is 10.1 Å². The van der Waals surface area contributed by atoms with Gasteiger partial charge in [-0.2, -0.15) is 0 Å². The molecule has 0 aliphatic carbocycles. The third-order valence-electron chi connectivity index (χ3n) is 2.22. The molecule has 1 unspecified atom stereocenters. The van der Waals surface area contributed by atoms with Gasteiger partial charge in [0, 0.05) is 31.1 Å². The van der Waals surface area contributed by atoms with Crippen molar-refractivity contribution in [1.29, 1.82) is 0 Å². The van der Waals surface area contributed by atoms with Gasteiger partial charge in [0.05, 0.1) is 12.9 Å². The maximum absolute atomic E-state index is 11.1. The Hall–Kier alpha value is -1.14. The Balaban J connectivity index is 2.49. The fraction of sp³-hybridized carbons (Fsp3) is 0.545. The zero-order chi connectivity index (χ0) is 12.9. The van der Waals surface area contributed by atoms with Gasteiger partial charge in [-0.25, -0.2) is 13.4 Å². The van der Waals surface area contributed by atoms with Crippen molar-refractivity contribution in [2.24, 2.45) is 0 Å². The summed E-state index contributed by atoms with van der Waals surface area (Å²) in [6.07, 6.45) is 2.90. The second-order valence-corrected chi connectivity index (χ2v) is 6.27. The molecule has 0 spiro atoms. The van der Waals surface area contributed by atoms with Crippen molar-refractivity contribution >= 4 is 9.84 Å². The summed E-state index contributed by atoms with van der Waals surface area (Å²) in [5, 5.41) is 3.14. The number of ether oxygens (including phenoxy) is 1. The van der Waals surface area contributed by atoms with E-state index in [0.29, 0.717) is 12.4 Å². The van der Waals surface area contributed by atoms with E-state index < -0.39 is 9.84 Å². The number of hydrogen-bond acceptors (Lipinski definition) is 5. The number of methoxy groups -OCH3 is 1. The highest BCUT2D eigenvalue weighted by molar-refractivity contribution is 7.90. The third kappa shape index (κ3) is 5.65. The quantitative estimate of drug-likeness (QED) is 0.810. The first-order valence-corrected chi connectivity index (χ1v) is 7.37. The highest BCUT2D eigenvalue weighted by Crippen LogP contribution is 2.08. The summed E-state index contributed by atoms with van der Waals surface area (Å²) >= 11 is 0. The van der Waals surface area contributed by atoms with Gasteiger partial charge in [-0.15, -0.1) is 0 Å². The minimum atomic E-state index is -2.94. The number of rotatable bonds is 6. The Morgan fingerprint density at radius 2 is 2.24 bits per heavy atom. The van der Waals surface area contributed by atoms with E-state index in [-0.39, 0.29) is 11.8 Å². The van der Waals surface area contributed by atoms with Gasteiger partial charge in [0.15, 0.2) is 0 Å². The lowest BCUT2D eigenvalue weighted by Crippen LogP contribution is -2.32. The molecule has 96 valence electrons. The minimum absolute atomic E-state index is 0.0795. The third-order valence-corrected chi connectivity index (χ3v) is 3.32. The van der Waals surface area contributed by atoms with Crippen LogP contribution in [-0.2, 0) is 16.4 Å². The molecule has 0 radical (unpaired) electrons. The Morgan fingerprint density at radius 3 is 2.82 bits per heavy atom. The smallest absolute Gasteiger partial charge is 0.213 e. The van der Waals surface area contributed by atoms with Gasteiger partial charge in [0.1, 0.15) is 9.84 Å². The molecule has 0 bridgehead atoms. The van der Waals surface area contributed by atoms with Crippen LogP contribution >= 0.6 is 0 Å². The standard InChI is InChI=1S/C11H18N2O3S/c1-9(8-17(3,14)15)13-7-10-4-5-12-11(6-10)16-2/h4-6,9,13H,7-8H2,1-3H3. The zero-order valence-electron chi connectivity index (χ0n) is 10.3. The first kappa shape index (κ1) is 13.9. The molecule has 6 heteroatoms. The number of sulfone groups is 1. The van der Waals surface area contributed by atoms with Crippen LogP contribution in [-0.4, -0.2) is 38.6 Å².